The SMILES string of the molecule is O=C(O)C(F)(F)F.O=C1CCC(N2Cc3cc(-n4cc(CO[C@@H]5CCNC5)nn4)ccc3C2=O)C(=O)N1. The Labute approximate surface area is 207 Å². The number of hydrogen-bond donors (Lipinski definition) is 3. The highest BCUT2D eigenvalue weighted by Crippen LogP contribution is 2.29. The predicted molar refractivity (Wildman–Crippen MR) is 117 cm³/mol. The lowest BCUT2D eigenvalue weighted by Crippen LogP contribution is -2.52. The summed E-state index contributed by atoms with van der Waals surface area (Å²) < 4.78 is 39.2. The number of ether oxygens (including phenoxy) is 1. The van der Waals surface area contributed by atoms with Crippen LogP contribution in [0.15, 0.2) is 24.4 Å². The number of carboxylic acids is 1. The van der Waals surface area contributed by atoms with Crippen LogP contribution in [0.5, 0.6) is 0 Å². The molecular weight excluding hydrogens is 501 g/mol. The first-order chi connectivity index (χ1) is 17.5. The summed E-state index contributed by atoms with van der Waals surface area (Å²) in [5, 5.41) is 21.0. The van der Waals surface area contributed by atoms with Gasteiger partial charge in [0.25, 0.3) is 5.91 Å². The quantitative estimate of drug-likeness (QED) is 0.475. The molecule has 2 aromatic rings. The monoisotopic (exact) mass is 524 g/mol. The zero-order valence-electron chi connectivity index (χ0n) is 19.3. The molecule has 0 radical (unpaired) electrons. The minimum atomic E-state index is -5.08. The molecule has 0 aliphatic carbocycles. The number of halogens is 3. The second-order valence-corrected chi connectivity index (χ2v) is 8.62. The van der Waals surface area contributed by atoms with Crippen LogP contribution < -0.4 is 10.6 Å². The zero-order chi connectivity index (χ0) is 26.7. The highest BCUT2D eigenvalue weighted by molar-refractivity contribution is 6.05. The van der Waals surface area contributed by atoms with Gasteiger partial charge in [-0.1, -0.05) is 5.21 Å². The van der Waals surface area contributed by atoms with Crippen LogP contribution in [0.1, 0.15) is 40.9 Å². The normalized spacial score (nSPS) is 21.4. The zero-order valence-corrected chi connectivity index (χ0v) is 19.3. The van der Waals surface area contributed by atoms with Gasteiger partial charge in [-0.25, -0.2) is 9.48 Å². The number of piperidine rings is 1. The second kappa shape index (κ2) is 10.6. The molecule has 1 unspecified atom stereocenters. The first-order valence-corrected chi connectivity index (χ1v) is 11.3. The van der Waals surface area contributed by atoms with Gasteiger partial charge in [-0.3, -0.25) is 19.7 Å². The van der Waals surface area contributed by atoms with Gasteiger partial charge in [-0.2, -0.15) is 13.2 Å². The van der Waals surface area contributed by atoms with Crippen molar-refractivity contribution < 1.29 is 42.2 Å². The minimum Gasteiger partial charge on any atom is -0.475 e. The van der Waals surface area contributed by atoms with Crippen molar-refractivity contribution >= 4 is 23.7 Å². The summed E-state index contributed by atoms with van der Waals surface area (Å²) in [5.74, 6) is -3.65. The lowest BCUT2D eigenvalue weighted by Gasteiger charge is -2.29. The van der Waals surface area contributed by atoms with Crippen LogP contribution in [0.25, 0.3) is 5.69 Å². The van der Waals surface area contributed by atoms with Crippen LogP contribution in [0.2, 0.25) is 0 Å². The van der Waals surface area contributed by atoms with E-state index in [1.807, 2.05) is 18.3 Å². The Morgan fingerprint density at radius 2 is 1.97 bits per heavy atom. The van der Waals surface area contributed by atoms with Gasteiger partial charge < -0.3 is 20.1 Å². The molecule has 1 aromatic carbocycles. The van der Waals surface area contributed by atoms with Gasteiger partial charge >= 0.3 is 12.1 Å². The maximum Gasteiger partial charge on any atom is 0.490 e. The molecule has 4 heterocycles. The number of imide groups is 1. The average Bonchev–Trinajstić information content (AvgIpc) is 3.58. The van der Waals surface area contributed by atoms with Crippen molar-refractivity contribution in [1.82, 2.24) is 30.5 Å². The number of rotatable bonds is 5. The average molecular weight is 524 g/mol. The van der Waals surface area contributed by atoms with Crippen LogP contribution in [-0.4, -0.2) is 80.1 Å². The van der Waals surface area contributed by atoms with Gasteiger partial charge in [-0.15, -0.1) is 5.10 Å². The highest BCUT2D eigenvalue weighted by Gasteiger charge is 2.39. The summed E-state index contributed by atoms with van der Waals surface area (Å²) in [5.41, 5.74) is 2.92. The lowest BCUT2D eigenvalue weighted by atomic mass is 10.0. The molecule has 15 heteroatoms. The van der Waals surface area contributed by atoms with E-state index in [4.69, 9.17) is 14.6 Å². The molecule has 5 rings (SSSR count). The molecule has 2 fully saturated rings. The van der Waals surface area contributed by atoms with Crippen LogP contribution in [0.4, 0.5) is 13.2 Å². The largest absolute Gasteiger partial charge is 0.490 e. The Morgan fingerprint density at radius 1 is 1.22 bits per heavy atom. The van der Waals surface area contributed by atoms with Gasteiger partial charge in [0, 0.05) is 25.1 Å². The number of nitrogens with zero attached hydrogens (tertiary/aromatic N) is 4. The van der Waals surface area contributed by atoms with Gasteiger partial charge in [0.05, 0.1) is 24.6 Å². The standard InChI is InChI=1S/C20H22N6O4.C2HF3O2/c27-18-4-3-17(19(28)22-18)25-9-12-7-14(1-2-16(12)20(25)29)26-10-13(23-24-26)11-30-15-5-6-21-8-15;3-2(4,5)1(6)7/h1-2,7,10,15,17,21H,3-6,8-9,11H2,(H,22,27,28);(H,6,7)/t15-,17?;/m1./s1. The van der Waals surface area contributed by atoms with Crippen molar-refractivity contribution in [2.75, 3.05) is 13.1 Å². The fourth-order valence-electron chi connectivity index (χ4n) is 4.17. The van der Waals surface area contributed by atoms with E-state index in [0.717, 1.165) is 36.5 Å². The summed E-state index contributed by atoms with van der Waals surface area (Å²) in [4.78, 5) is 46.8. The number of carbonyl (C=O) groups is 4. The Kier molecular flexibility index (Phi) is 7.54. The van der Waals surface area contributed by atoms with E-state index in [0.29, 0.717) is 25.1 Å². The van der Waals surface area contributed by atoms with Crippen molar-refractivity contribution in [2.24, 2.45) is 0 Å². The Hall–Kier alpha value is -3.85. The van der Waals surface area contributed by atoms with Crippen LogP contribution in [0, 0.1) is 0 Å². The maximum atomic E-state index is 12.8. The van der Waals surface area contributed by atoms with Gasteiger partial charge in [-0.05, 0) is 43.1 Å². The van der Waals surface area contributed by atoms with E-state index in [2.05, 4.69) is 20.9 Å². The van der Waals surface area contributed by atoms with E-state index in [-0.39, 0.29) is 24.3 Å². The Morgan fingerprint density at radius 3 is 2.62 bits per heavy atom. The highest BCUT2D eigenvalue weighted by atomic mass is 19.4. The second-order valence-electron chi connectivity index (χ2n) is 8.62. The van der Waals surface area contributed by atoms with E-state index in [1.54, 1.807) is 10.7 Å². The number of aliphatic carboxylic acids is 1. The number of amides is 3. The number of alkyl halides is 3. The molecule has 198 valence electrons. The molecule has 37 heavy (non-hydrogen) atoms. The molecule has 12 nitrogen and oxygen atoms in total. The third-order valence-corrected chi connectivity index (χ3v) is 6.04. The minimum absolute atomic E-state index is 0.191. The van der Waals surface area contributed by atoms with Crippen molar-refractivity contribution in [1.29, 1.82) is 0 Å². The Balaban J connectivity index is 0.000000405. The topological polar surface area (TPSA) is 156 Å². The van der Waals surface area contributed by atoms with E-state index in [1.165, 1.54) is 4.90 Å². The summed E-state index contributed by atoms with van der Waals surface area (Å²) in [6, 6.07) is 4.83. The number of fused-ring (bicyclic) bond motifs is 1. The van der Waals surface area contributed by atoms with Crippen molar-refractivity contribution in [3.8, 4) is 5.69 Å². The number of aromatic nitrogens is 3. The fourth-order valence-corrected chi connectivity index (χ4v) is 4.17. The number of nitrogens with one attached hydrogen (secondary N) is 2. The lowest BCUT2D eigenvalue weighted by molar-refractivity contribution is -0.192. The molecule has 3 aliphatic heterocycles. The molecule has 3 aliphatic rings. The third-order valence-electron chi connectivity index (χ3n) is 6.04. The first-order valence-electron chi connectivity index (χ1n) is 11.3. The number of hydrogen-bond acceptors (Lipinski definition) is 8. The molecule has 3 N–H and O–H groups in total. The molecule has 2 saturated heterocycles. The smallest absolute Gasteiger partial charge is 0.475 e. The van der Waals surface area contributed by atoms with Crippen molar-refractivity contribution in [3.05, 3.63) is 41.2 Å². The molecule has 1 aromatic heterocycles. The van der Waals surface area contributed by atoms with E-state index < -0.39 is 24.1 Å². The van der Waals surface area contributed by atoms with Gasteiger partial charge in [0.1, 0.15) is 11.7 Å². The van der Waals surface area contributed by atoms with Crippen LogP contribution >= 0.6 is 0 Å². The number of benzene rings is 1. The van der Waals surface area contributed by atoms with Crippen molar-refractivity contribution in [3.63, 3.8) is 0 Å². The van der Waals surface area contributed by atoms with Crippen LogP contribution in [-0.2, 0) is 32.3 Å². The summed E-state index contributed by atoms with van der Waals surface area (Å²) in [7, 11) is 0. The molecule has 3 amide bonds. The van der Waals surface area contributed by atoms with E-state index in [9.17, 15) is 27.6 Å². The summed E-state index contributed by atoms with van der Waals surface area (Å²) in [6.07, 6.45) is -1.47. The number of carbonyl (C=O) groups excluding carboxylic acids is 3. The third kappa shape index (κ3) is 6.11. The molecule has 2 atom stereocenters. The van der Waals surface area contributed by atoms with E-state index >= 15 is 0 Å². The van der Waals surface area contributed by atoms with Gasteiger partial charge in [0.2, 0.25) is 11.8 Å². The number of carboxylic acid groups (broad SMARTS) is 1. The fraction of sp³-hybridized carbons (Fsp3) is 0.455. The van der Waals surface area contributed by atoms with Crippen molar-refractivity contribution in [2.45, 2.75) is 50.7 Å². The molecular formula is C22H23F3N6O6. The van der Waals surface area contributed by atoms with Crippen LogP contribution in [0.3, 0.4) is 0 Å². The molecule has 0 saturated carbocycles. The Bertz CT molecular complexity index is 1210. The predicted octanol–water partition coefficient (Wildman–Crippen LogP) is 0.540. The molecule has 0 spiro atoms. The summed E-state index contributed by atoms with van der Waals surface area (Å²) in [6.45, 7) is 2.56. The first kappa shape index (κ1) is 26.2. The molecule has 0 bridgehead atoms. The summed E-state index contributed by atoms with van der Waals surface area (Å²) >= 11 is 0. The van der Waals surface area contributed by atoms with Gasteiger partial charge in [0.15, 0.2) is 0 Å². The maximum absolute atomic E-state index is 12.8.